The molecule has 0 radical (unpaired) electrons. The summed E-state index contributed by atoms with van der Waals surface area (Å²) in [6.07, 6.45) is 5.72. The number of rotatable bonds is 4. The van der Waals surface area contributed by atoms with Crippen molar-refractivity contribution in [1.29, 1.82) is 5.26 Å². The van der Waals surface area contributed by atoms with Gasteiger partial charge in [0.05, 0.1) is 11.6 Å². The van der Waals surface area contributed by atoms with E-state index in [1.165, 1.54) is 36.1 Å². The normalized spacial score (nSPS) is 21.9. The predicted molar refractivity (Wildman–Crippen MR) is 150 cm³/mol. The summed E-state index contributed by atoms with van der Waals surface area (Å²) in [7, 11) is 0. The fraction of sp³-hybridized carbons (Fsp3) is 0.515. The summed E-state index contributed by atoms with van der Waals surface area (Å²) in [6.45, 7) is 15.9. The van der Waals surface area contributed by atoms with Gasteiger partial charge in [-0.3, -0.25) is 9.69 Å². The molecule has 4 nitrogen and oxygen atoms in total. The number of anilines is 1. The van der Waals surface area contributed by atoms with Crippen LogP contribution in [0.25, 0.3) is 5.57 Å². The Morgan fingerprint density at radius 1 is 1.03 bits per heavy atom. The third kappa shape index (κ3) is 3.47. The zero-order valence-electron chi connectivity index (χ0n) is 23.1. The molecule has 0 unspecified atom stereocenters. The van der Waals surface area contributed by atoms with Crippen LogP contribution in [-0.4, -0.2) is 42.4 Å². The van der Waals surface area contributed by atoms with Crippen molar-refractivity contribution in [2.75, 3.05) is 31.1 Å². The van der Waals surface area contributed by atoms with E-state index in [2.05, 4.69) is 62.6 Å². The largest absolute Gasteiger partial charge is 0.369 e. The average Bonchev–Trinajstić information content (AvgIpc) is 3.26. The van der Waals surface area contributed by atoms with Gasteiger partial charge >= 0.3 is 0 Å². The highest BCUT2D eigenvalue weighted by atomic mass is 16.1. The van der Waals surface area contributed by atoms with E-state index in [1.807, 2.05) is 18.2 Å². The van der Waals surface area contributed by atoms with Crippen molar-refractivity contribution >= 4 is 17.0 Å². The Morgan fingerprint density at radius 2 is 1.76 bits per heavy atom. The summed E-state index contributed by atoms with van der Waals surface area (Å²) >= 11 is 0. The maximum absolute atomic E-state index is 14.0. The van der Waals surface area contributed by atoms with Crippen LogP contribution in [0.3, 0.4) is 0 Å². The molecule has 0 N–H and O–H groups in total. The molecule has 1 heterocycles. The molecule has 37 heavy (non-hydrogen) atoms. The van der Waals surface area contributed by atoms with E-state index in [0.717, 1.165) is 66.8 Å². The van der Waals surface area contributed by atoms with Gasteiger partial charge in [0, 0.05) is 54.0 Å². The number of piperazine rings is 1. The fourth-order valence-electron chi connectivity index (χ4n) is 7.69. The third-order valence-electron chi connectivity index (χ3n) is 10.2. The molecule has 6 rings (SSSR count). The van der Waals surface area contributed by atoms with Crippen LogP contribution in [0.1, 0.15) is 92.1 Å². The lowest BCUT2D eigenvalue weighted by molar-refractivity contribution is -0.0260. The lowest BCUT2D eigenvalue weighted by atomic mass is 9.67. The molecule has 1 aliphatic heterocycles. The van der Waals surface area contributed by atoms with Crippen molar-refractivity contribution in [3.05, 3.63) is 69.3 Å². The maximum Gasteiger partial charge on any atom is 0.193 e. The third-order valence-corrected chi connectivity index (χ3v) is 10.2. The molecule has 0 spiro atoms. The number of nitrogens with zero attached hydrogens (tertiary/aromatic N) is 3. The van der Waals surface area contributed by atoms with Gasteiger partial charge in [0.2, 0.25) is 0 Å². The molecule has 2 aromatic rings. The second-order valence-electron chi connectivity index (χ2n) is 12.4. The van der Waals surface area contributed by atoms with Gasteiger partial charge in [-0.05, 0) is 90.1 Å². The smallest absolute Gasteiger partial charge is 0.193 e. The summed E-state index contributed by atoms with van der Waals surface area (Å²) in [5, 5.41) is 9.40. The van der Waals surface area contributed by atoms with E-state index in [-0.39, 0.29) is 11.2 Å². The van der Waals surface area contributed by atoms with E-state index >= 15 is 0 Å². The lowest BCUT2D eigenvalue weighted by Crippen LogP contribution is -2.62. The van der Waals surface area contributed by atoms with E-state index in [1.54, 1.807) is 0 Å². The van der Waals surface area contributed by atoms with E-state index in [4.69, 9.17) is 0 Å². The molecule has 3 aliphatic carbocycles. The van der Waals surface area contributed by atoms with Crippen LogP contribution in [0.5, 0.6) is 0 Å². The summed E-state index contributed by atoms with van der Waals surface area (Å²) < 4.78 is 0. The standard InChI is InChI=1S/C33H39N3O/c1-6-23-17-26-27(19-29(23)35-12-14-36(15-13-35)33(21(2)3)10-7-11-33)32(4,5)28-18-24-16-22(20-34)8-9-25(24)30(28)31(26)37/h8-9,16-17,19,21H,6-7,10-15,18H2,1-5H3. The Hall–Kier alpha value is -2.90. The Labute approximate surface area is 222 Å². The second kappa shape index (κ2) is 8.57. The molecule has 4 heteroatoms. The summed E-state index contributed by atoms with van der Waals surface area (Å²) in [4.78, 5) is 19.3. The number of fused-ring (bicyclic) bond motifs is 3. The zero-order valence-corrected chi connectivity index (χ0v) is 23.1. The zero-order chi connectivity index (χ0) is 26.1. The maximum atomic E-state index is 14.0. The van der Waals surface area contributed by atoms with Crippen LogP contribution < -0.4 is 4.90 Å². The number of carbonyl (C=O) groups excluding carboxylic acids is 1. The molecule has 0 aromatic heterocycles. The number of hydrogen-bond donors (Lipinski definition) is 0. The van der Waals surface area contributed by atoms with E-state index in [0.29, 0.717) is 17.0 Å². The van der Waals surface area contributed by atoms with Crippen molar-refractivity contribution in [2.45, 2.75) is 77.7 Å². The molecule has 0 amide bonds. The van der Waals surface area contributed by atoms with Gasteiger partial charge in [-0.2, -0.15) is 5.26 Å². The molecule has 0 bridgehead atoms. The number of nitriles is 1. The van der Waals surface area contributed by atoms with Crippen molar-refractivity contribution in [3.63, 3.8) is 0 Å². The van der Waals surface area contributed by atoms with Crippen LogP contribution in [0, 0.1) is 17.2 Å². The lowest BCUT2D eigenvalue weighted by Gasteiger charge is -2.56. The molecule has 1 saturated carbocycles. The first-order chi connectivity index (χ1) is 17.7. The first-order valence-corrected chi connectivity index (χ1v) is 14.2. The van der Waals surface area contributed by atoms with Gasteiger partial charge in [-0.25, -0.2) is 0 Å². The van der Waals surface area contributed by atoms with Crippen LogP contribution in [0.2, 0.25) is 0 Å². The highest BCUT2D eigenvalue weighted by molar-refractivity contribution is 6.33. The first-order valence-electron chi connectivity index (χ1n) is 14.2. The highest BCUT2D eigenvalue weighted by Gasteiger charge is 2.46. The molecule has 4 aliphatic rings. The van der Waals surface area contributed by atoms with Crippen LogP contribution in [-0.2, 0) is 18.3 Å². The number of hydrogen-bond acceptors (Lipinski definition) is 4. The first kappa shape index (κ1) is 24.4. The van der Waals surface area contributed by atoms with Gasteiger partial charge < -0.3 is 4.90 Å². The summed E-state index contributed by atoms with van der Waals surface area (Å²) in [5.41, 5.74) is 9.69. The summed E-state index contributed by atoms with van der Waals surface area (Å²) in [5.74, 6) is 0.861. The summed E-state index contributed by atoms with van der Waals surface area (Å²) in [6, 6.07) is 12.6. The number of carbonyl (C=O) groups is 1. The Balaban J connectivity index is 1.34. The number of ketones is 1. The van der Waals surface area contributed by atoms with Crippen molar-refractivity contribution < 1.29 is 4.79 Å². The predicted octanol–water partition coefficient (Wildman–Crippen LogP) is 6.31. The molecule has 1 saturated heterocycles. The topological polar surface area (TPSA) is 47.3 Å². The second-order valence-corrected chi connectivity index (χ2v) is 12.4. The van der Waals surface area contributed by atoms with Gasteiger partial charge in [0.15, 0.2) is 5.78 Å². The fourth-order valence-corrected chi connectivity index (χ4v) is 7.69. The van der Waals surface area contributed by atoms with Crippen molar-refractivity contribution in [2.24, 2.45) is 5.92 Å². The van der Waals surface area contributed by atoms with Gasteiger partial charge in [-0.15, -0.1) is 0 Å². The van der Waals surface area contributed by atoms with Crippen molar-refractivity contribution in [1.82, 2.24) is 4.90 Å². The molecular weight excluding hydrogens is 454 g/mol. The van der Waals surface area contributed by atoms with E-state index < -0.39 is 0 Å². The molecule has 2 fully saturated rings. The van der Waals surface area contributed by atoms with Crippen LogP contribution >= 0.6 is 0 Å². The number of aryl methyl sites for hydroxylation is 1. The Kier molecular flexibility index (Phi) is 5.66. The monoisotopic (exact) mass is 493 g/mol. The molecular formula is C33H39N3O. The number of benzene rings is 2. The Bertz CT molecular complexity index is 1360. The average molecular weight is 494 g/mol. The quantitative estimate of drug-likeness (QED) is 0.501. The van der Waals surface area contributed by atoms with Crippen LogP contribution in [0.15, 0.2) is 35.9 Å². The highest BCUT2D eigenvalue weighted by Crippen LogP contribution is 2.51. The Morgan fingerprint density at radius 3 is 2.35 bits per heavy atom. The van der Waals surface area contributed by atoms with Gasteiger partial charge in [0.1, 0.15) is 0 Å². The molecule has 192 valence electrons. The van der Waals surface area contributed by atoms with Gasteiger partial charge in [-0.1, -0.05) is 40.7 Å². The minimum atomic E-state index is -0.235. The van der Waals surface area contributed by atoms with Gasteiger partial charge in [0.25, 0.3) is 0 Å². The minimum absolute atomic E-state index is 0.155. The molecule has 2 aromatic carbocycles. The minimum Gasteiger partial charge on any atom is -0.369 e. The number of allylic oxidation sites excluding steroid dienone is 2. The van der Waals surface area contributed by atoms with E-state index in [9.17, 15) is 10.1 Å². The number of Topliss-reactive ketones (excluding diaryl/α,β-unsaturated/α-hetero) is 1. The SMILES string of the molecule is CCc1cc2c(cc1N1CCN(C3(C(C)C)CCC3)CC1)C(C)(C)C1=C(C2=O)c2ccc(C#N)cc2C1. The molecule has 0 atom stereocenters. The van der Waals surface area contributed by atoms with Crippen LogP contribution in [0.4, 0.5) is 5.69 Å². The van der Waals surface area contributed by atoms with Crippen molar-refractivity contribution in [3.8, 4) is 6.07 Å².